The lowest BCUT2D eigenvalue weighted by Gasteiger charge is -2.35. The van der Waals surface area contributed by atoms with Crippen molar-refractivity contribution in [3.63, 3.8) is 0 Å². The summed E-state index contributed by atoms with van der Waals surface area (Å²) in [5, 5.41) is 2.80. The maximum atomic E-state index is 12.5. The lowest BCUT2D eigenvalue weighted by Crippen LogP contribution is -2.39. The molecule has 0 saturated carbocycles. The Morgan fingerprint density at radius 2 is 2.21 bits per heavy atom. The number of aromatic amines is 1. The summed E-state index contributed by atoms with van der Waals surface area (Å²) in [4.78, 5) is 36.8. The number of nitrogens with one attached hydrogen (secondary N) is 2. The number of thiazole rings is 1. The van der Waals surface area contributed by atoms with E-state index >= 15 is 0 Å². The van der Waals surface area contributed by atoms with Gasteiger partial charge in [-0.25, -0.2) is 4.98 Å². The van der Waals surface area contributed by atoms with E-state index in [1.165, 1.54) is 24.1 Å². The highest BCUT2D eigenvalue weighted by molar-refractivity contribution is 7.16. The lowest BCUT2D eigenvalue weighted by molar-refractivity contribution is 0.0948. The third-order valence-corrected chi connectivity index (χ3v) is 6.47. The number of rotatable bonds is 6. The van der Waals surface area contributed by atoms with Crippen molar-refractivity contribution in [1.29, 1.82) is 0 Å². The van der Waals surface area contributed by atoms with Crippen LogP contribution < -0.4 is 10.9 Å². The van der Waals surface area contributed by atoms with Crippen LogP contribution in [0.1, 0.15) is 59.2 Å². The molecule has 4 rings (SSSR count). The summed E-state index contributed by atoms with van der Waals surface area (Å²) in [6, 6.07) is 4.06. The first-order chi connectivity index (χ1) is 14.0. The Bertz CT molecular complexity index is 1040. The van der Waals surface area contributed by atoms with E-state index in [0.717, 1.165) is 35.9 Å². The zero-order valence-corrected chi connectivity index (χ0v) is 17.7. The Morgan fingerprint density at radius 3 is 2.97 bits per heavy atom. The maximum Gasteiger partial charge on any atom is 0.261 e. The first-order valence-electron chi connectivity index (χ1n) is 10.2. The topological polar surface area (TPSA) is 82.5 Å². The molecule has 0 bridgehead atoms. The van der Waals surface area contributed by atoms with E-state index in [1.807, 2.05) is 29.8 Å². The fourth-order valence-electron chi connectivity index (χ4n) is 4.05. The Labute approximate surface area is 173 Å². The summed E-state index contributed by atoms with van der Waals surface area (Å²) in [6.07, 6.45) is 8.72. The van der Waals surface area contributed by atoms with Gasteiger partial charge in [0.15, 0.2) is 4.96 Å². The van der Waals surface area contributed by atoms with Gasteiger partial charge in [-0.1, -0.05) is 13.3 Å². The first-order valence-corrected chi connectivity index (χ1v) is 11.0. The van der Waals surface area contributed by atoms with Gasteiger partial charge in [0.25, 0.3) is 11.5 Å². The van der Waals surface area contributed by atoms with Crippen LogP contribution in [-0.4, -0.2) is 37.8 Å². The predicted molar refractivity (Wildman–Crippen MR) is 114 cm³/mol. The second-order valence-electron chi connectivity index (χ2n) is 7.70. The maximum absolute atomic E-state index is 12.5. The lowest BCUT2D eigenvalue weighted by atomic mass is 10.00. The number of hydrogen-bond donors (Lipinski definition) is 2. The van der Waals surface area contributed by atoms with Crippen molar-refractivity contribution < 1.29 is 4.79 Å². The summed E-state index contributed by atoms with van der Waals surface area (Å²) in [7, 11) is 0. The monoisotopic (exact) mass is 413 g/mol. The summed E-state index contributed by atoms with van der Waals surface area (Å²) < 4.78 is 1.95. The second-order valence-corrected chi connectivity index (χ2v) is 8.91. The third-order valence-electron chi connectivity index (χ3n) is 5.56. The van der Waals surface area contributed by atoms with Crippen LogP contribution in [0, 0.1) is 6.92 Å². The summed E-state index contributed by atoms with van der Waals surface area (Å²) in [5.41, 5.74) is 1.42. The van der Waals surface area contributed by atoms with E-state index in [1.54, 1.807) is 17.4 Å². The molecule has 1 aliphatic rings. The number of pyridine rings is 1. The second kappa shape index (κ2) is 8.51. The van der Waals surface area contributed by atoms with Gasteiger partial charge < -0.3 is 10.3 Å². The minimum Gasteiger partial charge on any atom is -0.346 e. The summed E-state index contributed by atoms with van der Waals surface area (Å²) in [6.45, 7) is 6.32. The summed E-state index contributed by atoms with van der Waals surface area (Å²) in [5.74, 6) is -0.380. The molecule has 3 aromatic heterocycles. The molecule has 7 nitrogen and oxygen atoms in total. The number of piperidine rings is 1. The number of likely N-dealkylation sites (tertiary alicyclic amines) is 1. The summed E-state index contributed by atoms with van der Waals surface area (Å²) >= 11 is 1.60. The van der Waals surface area contributed by atoms with Gasteiger partial charge in [0, 0.05) is 35.6 Å². The van der Waals surface area contributed by atoms with E-state index < -0.39 is 0 Å². The van der Waals surface area contributed by atoms with Crippen molar-refractivity contribution >= 4 is 22.2 Å². The number of imidazole rings is 1. The molecular formula is C21H27N5O2S. The fourth-order valence-corrected chi connectivity index (χ4v) is 4.87. The van der Waals surface area contributed by atoms with Gasteiger partial charge in [-0.3, -0.25) is 18.9 Å². The van der Waals surface area contributed by atoms with Crippen molar-refractivity contribution in [3.8, 4) is 0 Å². The van der Waals surface area contributed by atoms with E-state index in [4.69, 9.17) is 0 Å². The molecule has 29 heavy (non-hydrogen) atoms. The van der Waals surface area contributed by atoms with Crippen LogP contribution in [-0.2, 0) is 13.1 Å². The number of carbonyl (C=O) groups excluding carboxylic acids is 1. The number of nitrogens with zero attached hydrogens (tertiary/aromatic N) is 3. The van der Waals surface area contributed by atoms with Crippen molar-refractivity contribution in [1.82, 2.24) is 24.6 Å². The molecule has 1 aliphatic heterocycles. The third kappa shape index (κ3) is 4.43. The molecule has 0 spiro atoms. The van der Waals surface area contributed by atoms with Crippen LogP contribution >= 0.6 is 11.3 Å². The molecule has 154 valence electrons. The van der Waals surface area contributed by atoms with Crippen LogP contribution in [0.2, 0.25) is 0 Å². The zero-order valence-electron chi connectivity index (χ0n) is 16.9. The highest BCUT2D eigenvalue weighted by Crippen LogP contribution is 2.21. The Morgan fingerprint density at radius 1 is 1.34 bits per heavy atom. The minimum absolute atomic E-state index is 0.135. The standard InChI is InChI=1S/C21H27N5O2S/c1-3-17-6-4-5-9-25(17)12-15-7-8-18(20(28)23-15)19(27)22-10-16-13-26-11-14(2)29-21(26)24-16/h7-8,11,13,17H,3-6,9-10,12H2,1-2H3,(H,22,27)(H,23,28). The van der Waals surface area contributed by atoms with Gasteiger partial charge in [-0.05, 0) is 44.9 Å². The van der Waals surface area contributed by atoms with Gasteiger partial charge in [0.1, 0.15) is 5.56 Å². The van der Waals surface area contributed by atoms with Gasteiger partial charge in [0.05, 0.1) is 12.2 Å². The number of fused-ring (bicyclic) bond motifs is 1. The molecule has 3 aromatic rings. The zero-order chi connectivity index (χ0) is 20.4. The van der Waals surface area contributed by atoms with Crippen LogP contribution in [0.5, 0.6) is 0 Å². The van der Waals surface area contributed by atoms with Crippen LogP contribution in [0.15, 0.2) is 29.3 Å². The molecule has 1 amide bonds. The number of carbonyl (C=O) groups is 1. The number of amides is 1. The van der Waals surface area contributed by atoms with Crippen LogP contribution in [0.3, 0.4) is 0 Å². The molecule has 1 fully saturated rings. The Kier molecular flexibility index (Phi) is 5.82. The fraction of sp³-hybridized carbons (Fsp3) is 0.476. The van der Waals surface area contributed by atoms with Gasteiger partial charge in [-0.15, -0.1) is 11.3 Å². The van der Waals surface area contributed by atoms with Gasteiger partial charge in [0.2, 0.25) is 0 Å². The largest absolute Gasteiger partial charge is 0.346 e. The molecule has 1 saturated heterocycles. The number of aromatic nitrogens is 3. The number of hydrogen-bond acceptors (Lipinski definition) is 5. The molecule has 1 unspecified atom stereocenters. The van der Waals surface area contributed by atoms with Crippen LogP contribution in [0.4, 0.5) is 0 Å². The highest BCUT2D eigenvalue weighted by atomic mass is 32.1. The highest BCUT2D eigenvalue weighted by Gasteiger charge is 2.21. The number of H-pyrrole nitrogens is 1. The normalized spacial score (nSPS) is 17.7. The predicted octanol–water partition coefficient (Wildman–Crippen LogP) is 3.09. The van der Waals surface area contributed by atoms with Crippen molar-refractivity contribution in [3.05, 3.63) is 56.7 Å². The van der Waals surface area contributed by atoms with Crippen LogP contribution in [0.25, 0.3) is 4.96 Å². The van der Waals surface area contributed by atoms with E-state index in [2.05, 4.69) is 27.1 Å². The molecule has 0 aromatic carbocycles. The van der Waals surface area contributed by atoms with E-state index in [9.17, 15) is 9.59 Å². The molecular weight excluding hydrogens is 386 g/mol. The Balaban J connectivity index is 1.39. The SMILES string of the molecule is CCC1CCCCN1Cc1ccc(C(=O)NCc2cn3cc(C)sc3n2)c(=O)[nH]1. The van der Waals surface area contributed by atoms with Crippen molar-refractivity contribution in [2.24, 2.45) is 0 Å². The van der Waals surface area contributed by atoms with Crippen molar-refractivity contribution in [2.75, 3.05) is 6.54 Å². The average Bonchev–Trinajstić information content (AvgIpc) is 3.23. The first kappa shape index (κ1) is 19.8. The minimum atomic E-state index is -0.380. The van der Waals surface area contributed by atoms with Gasteiger partial charge in [-0.2, -0.15) is 0 Å². The Hall–Kier alpha value is -2.45. The average molecular weight is 414 g/mol. The quantitative estimate of drug-likeness (QED) is 0.651. The number of aryl methyl sites for hydroxylation is 1. The molecule has 0 radical (unpaired) electrons. The van der Waals surface area contributed by atoms with Gasteiger partial charge >= 0.3 is 0 Å². The van der Waals surface area contributed by atoms with E-state index in [0.29, 0.717) is 12.6 Å². The smallest absolute Gasteiger partial charge is 0.261 e. The van der Waals surface area contributed by atoms with E-state index in [-0.39, 0.29) is 17.0 Å². The molecule has 8 heteroatoms. The molecule has 2 N–H and O–H groups in total. The van der Waals surface area contributed by atoms with Crippen molar-refractivity contribution in [2.45, 2.75) is 58.7 Å². The molecule has 1 atom stereocenters. The molecule has 0 aliphatic carbocycles. The molecule has 4 heterocycles.